The molecule has 9 heteroatoms. The monoisotopic (exact) mass is 488 g/mol. The number of hydrogen-bond donors (Lipinski definition) is 4. The lowest BCUT2D eigenvalue weighted by Crippen LogP contribution is -2.42. The molecule has 0 saturated carbocycles. The second-order valence-corrected chi connectivity index (χ2v) is 8.96. The fraction of sp³-hybridized carbons (Fsp3) is 0.222. The Morgan fingerprint density at radius 3 is 2.67 bits per heavy atom. The highest BCUT2D eigenvalue weighted by Crippen LogP contribution is 2.29. The van der Waals surface area contributed by atoms with Crippen molar-refractivity contribution in [3.05, 3.63) is 75.5 Å². The molecule has 0 bridgehead atoms. The summed E-state index contributed by atoms with van der Waals surface area (Å²) in [5.74, 6) is -1.61. The van der Waals surface area contributed by atoms with Gasteiger partial charge in [-0.3, -0.25) is 4.79 Å². The molecule has 0 spiro atoms. The van der Waals surface area contributed by atoms with E-state index in [0.29, 0.717) is 33.2 Å². The van der Waals surface area contributed by atoms with Gasteiger partial charge < -0.3 is 29.3 Å². The predicted octanol–water partition coefficient (Wildman–Crippen LogP) is 4.09. The Balaban J connectivity index is 1.33. The van der Waals surface area contributed by atoms with Crippen molar-refractivity contribution in [2.75, 3.05) is 0 Å². The number of rotatable bonds is 7. The zero-order valence-corrected chi connectivity index (χ0v) is 19.7. The quantitative estimate of drug-likeness (QED) is 0.252. The first kappa shape index (κ1) is 23.2. The molecule has 0 fully saturated rings. The van der Waals surface area contributed by atoms with Crippen LogP contribution < -0.4 is 10.9 Å². The smallest absolute Gasteiger partial charge is 0.339 e. The second kappa shape index (κ2) is 8.92. The Bertz CT molecular complexity index is 1710. The highest BCUT2D eigenvalue weighted by molar-refractivity contribution is 5.96. The van der Waals surface area contributed by atoms with Gasteiger partial charge in [-0.2, -0.15) is 0 Å². The van der Waals surface area contributed by atoms with Crippen LogP contribution in [0.4, 0.5) is 0 Å². The molecule has 0 unspecified atom stereocenters. The Kier molecular flexibility index (Phi) is 5.75. The van der Waals surface area contributed by atoms with E-state index in [9.17, 15) is 24.6 Å². The number of aliphatic carboxylic acids is 1. The lowest BCUT2D eigenvalue weighted by Gasteiger charge is -2.15. The van der Waals surface area contributed by atoms with E-state index < -0.39 is 23.5 Å². The predicted molar refractivity (Wildman–Crippen MR) is 133 cm³/mol. The highest BCUT2D eigenvalue weighted by Gasteiger charge is 2.23. The minimum atomic E-state index is -1.18. The number of fused-ring (bicyclic) bond motifs is 3. The lowest BCUT2D eigenvalue weighted by molar-refractivity contribution is -0.141. The van der Waals surface area contributed by atoms with Gasteiger partial charge in [0.05, 0.1) is 6.26 Å². The van der Waals surface area contributed by atoms with Gasteiger partial charge in [0.2, 0.25) is 5.91 Å². The number of H-pyrrole nitrogens is 1. The number of aromatic amines is 1. The molecule has 0 aliphatic carbocycles. The normalized spacial score (nSPS) is 12.4. The number of hydrogen-bond acceptors (Lipinski definition) is 6. The van der Waals surface area contributed by atoms with Crippen LogP contribution >= 0.6 is 0 Å². The molecule has 5 rings (SSSR count). The van der Waals surface area contributed by atoms with E-state index in [1.165, 1.54) is 6.07 Å². The van der Waals surface area contributed by atoms with E-state index in [-0.39, 0.29) is 25.0 Å². The number of carbonyl (C=O) groups is 2. The van der Waals surface area contributed by atoms with Gasteiger partial charge >= 0.3 is 11.6 Å². The zero-order chi connectivity index (χ0) is 25.6. The third-order valence-corrected chi connectivity index (χ3v) is 6.59. The van der Waals surface area contributed by atoms with Crippen LogP contribution in [-0.2, 0) is 22.4 Å². The highest BCUT2D eigenvalue weighted by atomic mass is 16.4. The maximum absolute atomic E-state index is 12.7. The third kappa shape index (κ3) is 4.19. The molecular weight excluding hydrogens is 464 g/mol. The molecule has 1 amide bonds. The van der Waals surface area contributed by atoms with Gasteiger partial charge in [0.15, 0.2) is 0 Å². The summed E-state index contributed by atoms with van der Waals surface area (Å²) in [4.78, 5) is 40.2. The summed E-state index contributed by atoms with van der Waals surface area (Å²) < 4.78 is 11.0. The summed E-state index contributed by atoms with van der Waals surface area (Å²) in [7, 11) is 0. The second-order valence-electron chi connectivity index (χ2n) is 8.96. The molecule has 5 aromatic rings. The van der Waals surface area contributed by atoms with Crippen molar-refractivity contribution in [2.24, 2.45) is 0 Å². The van der Waals surface area contributed by atoms with Gasteiger partial charge in [-0.1, -0.05) is 0 Å². The number of furan rings is 1. The van der Waals surface area contributed by atoms with Crippen LogP contribution in [0.25, 0.3) is 32.8 Å². The van der Waals surface area contributed by atoms with E-state index in [1.54, 1.807) is 37.6 Å². The Labute approximate surface area is 204 Å². The fourth-order valence-electron chi connectivity index (χ4n) is 4.59. The molecule has 184 valence electrons. The standard InChI is InChI=1S/C27H24N2O7/c1-13-12-35-23-10-24-19(9-18(13)23)14(2)17(27(34)36-24)4-6-25(31)29-22(26(32)33)7-15-11-28-21-5-3-16(30)8-20(15)21/h3,5,8-12,22,28,30H,4,6-7H2,1-2H3,(H,29,31)(H,32,33)/t22-/m1/s1. The molecule has 0 aliphatic rings. The number of phenols is 1. The van der Waals surface area contributed by atoms with Gasteiger partial charge in [0.25, 0.3) is 0 Å². The molecule has 36 heavy (non-hydrogen) atoms. The Morgan fingerprint density at radius 1 is 1.08 bits per heavy atom. The van der Waals surface area contributed by atoms with Crippen LogP contribution in [0.1, 0.15) is 28.7 Å². The maximum atomic E-state index is 12.7. The van der Waals surface area contributed by atoms with Crippen molar-refractivity contribution in [3.63, 3.8) is 0 Å². The summed E-state index contributed by atoms with van der Waals surface area (Å²) >= 11 is 0. The average Bonchev–Trinajstić information content (AvgIpc) is 3.40. The molecule has 2 aromatic carbocycles. The van der Waals surface area contributed by atoms with Crippen molar-refractivity contribution < 1.29 is 28.6 Å². The number of aryl methyl sites for hydroxylation is 2. The Morgan fingerprint density at radius 2 is 1.89 bits per heavy atom. The van der Waals surface area contributed by atoms with Crippen molar-refractivity contribution in [1.82, 2.24) is 10.3 Å². The molecule has 0 saturated heterocycles. The maximum Gasteiger partial charge on any atom is 0.339 e. The van der Waals surface area contributed by atoms with E-state index >= 15 is 0 Å². The molecule has 0 aliphatic heterocycles. The molecule has 3 aromatic heterocycles. The van der Waals surface area contributed by atoms with Gasteiger partial charge in [-0.05, 0) is 61.2 Å². The molecule has 9 nitrogen and oxygen atoms in total. The number of amides is 1. The number of carboxylic acids is 1. The van der Waals surface area contributed by atoms with Gasteiger partial charge in [-0.25, -0.2) is 9.59 Å². The minimum absolute atomic E-state index is 0.0295. The first-order valence-electron chi connectivity index (χ1n) is 11.5. The fourth-order valence-corrected chi connectivity index (χ4v) is 4.59. The van der Waals surface area contributed by atoms with Crippen LogP contribution in [0, 0.1) is 13.8 Å². The number of aromatic hydroxyl groups is 1. The molecule has 3 heterocycles. The summed E-state index contributed by atoms with van der Waals surface area (Å²) in [5.41, 5.74) is 3.94. The number of benzene rings is 2. The van der Waals surface area contributed by atoms with Gasteiger partial charge in [-0.15, -0.1) is 0 Å². The summed E-state index contributed by atoms with van der Waals surface area (Å²) in [6, 6.07) is 7.19. The average molecular weight is 488 g/mol. The number of phenolic OH excluding ortho intramolecular Hbond substituents is 1. The zero-order valence-electron chi connectivity index (χ0n) is 19.7. The first-order valence-corrected chi connectivity index (χ1v) is 11.5. The SMILES string of the molecule is Cc1coc2cc3oc(=O)c(CCC(=O)N[C@H](Cc4c[nH]c5ccc(O)cc45)C(=O)O)c(C)c3cc12. The van der Waals surface area contributed by atoms with E-state index in [4.69, 9.17) is 8.83 Å². The molecule has 4 N–H and O–H groups in total. The summed E-state index contributed by atoms with van der Waals surface area (Å²) in [5, 5.41) is 24.4. The van der Waals surface area contributed by atoms with Crippen molar-refractivity contribution >= 4 is 44.7 Å². The number of aromatic nitrogens is 1. The van der Waals surface area contributed by atoms with Crippen LogP contribution in [0.15, 0.2) is 56.4 Å². The van der Waals surface area contributed by atoms with Gasteiger partial charge in [0.1, 0.15) is 23.0 Å². The lowest BCUT2D eigenvalue weighted by atomic mass is 10.00. The first-order chi connectivity index (χ1) is 17.2. The molecular formula is C27H24N2O7. The topological polar surface area (TPSA) is 146 Å². The number of carbonyl (C=O) groups excluding carboxylic acids is 1. The number of carboxylic acid groups (broad SMARTS) is 1. The molecule has 0 radical (unpaired) electrons. The third-order valence-electron chi connectivity index (χ3n) is 6.59. The van der Waals surface area contributed by atoms with Crippen LogP contribution in [-0.4, -0.2) is 33.1 Å². The van der Waals surface area contributed by atoms with E-state index in [0.717, 1.165) is 21.9 Å². The van der Waals surface area contributed by atoms with Crippen LogP contribution in [0.3, 0.4) is 0 Å². The summed E-state index contributed by atoms with van der Waals surface area (Å²) in [6.07, 6.45) is 3.35. The summed E-state index contributed by atoms with van der Waals surface area (Å²) in [6.45, 7) is 3.73. The largest absolute Gasteiger partial charge is 0.508 e. The van der Waals surface area contributed by atoms with Crippen molar-refractivity contribution in [3.8, 4) is 5.75 Å². The number of nitrogens with one attached hydrogen (secondary N) is 2. The van der Waals surface area contributed by atoms with Crippen molar-refractivity contribution in [2.45, 2.75) is 39.2 Å². The van der Waals surface area contributed by atoms with Crippen LogP contribution in [0.2, 0.25) is 0 Å². The van der Waals surface area contributed by atoms with Crippen molar-refractivity contribution in [1.29, 1.82) is 0 Å². The minimum Gasteiger partial charge on any atom is -0.508 e. The van der Waals surface area contributed by atoms with Gasteiger partial charge in [0, 0.05) is 52.3 Å². The van der Waals surface area contributed by atoms with E-state index in [2.05, 4.69) is 10.3 Å². The van der Waals surface area contributed by atoms with Crippen LogP contribution in [0.5, 0.6) is 5.75 Å². The molecule has 1 atom stereocenters. The Hall–Kier alpha value is -4.53. The van der Waals surface area contributed by atoms with E-state index in [1.807, 2.05) is 13.0 Å².